The van der Waals surface area contributed by atoms with Gasteiger partial charge in [-0.25, -0.2) is 4.98 Å². The number of alkyl halides is 2. The average Bonchev–Trinajstić information content (AvgIpc) is 4.26. The SMILES string of the molecule is CC(C)n1nccc1-c1ncccc1CCl.CC(C)n1nccc1-c1ncccc1CCl.CC(C)n1nccc1-c1ncccc1CO.CC(C)n1nccc1B1OC(C)(C)C(C)(C)O1.OCc1cccnc1Cl. The number of pyridine rings is 4. The Hall–Kier alpha value is -5.79. The molecule has 0 unspecified atom stereocenters. The van der Waals surface area contributed by atoms with Crippen LogP contribution < -0.4 is 5.59 Å². The van der Waals surface area contributed by atoms with Gasteiger partial charge in [0.1, 0.15) is 5.15 Å². The zero-order chi connectivity index (χ0) is 54.2. The zero-order valence-electron chi connectivity index (χ0n) is 44.5. The highest BCUT2D eigenvalue weighted by atomic mass is 35.5. The summed E-state index contributed by atoms with van der Waals surface area (Å²) >= 11 is 17.4. The van der Waals surface area contributed by atoms with Crippen LogP contribution in [0.1, 0.15) is 130 Å². The topological polar surface area (TPSA) is 182 Å². The Labute approximate surface area is 451 Å². The van der Waals surface area contributed by atoms with Gasteiger partial charge in [-0.3, -0.25) is 33.7 Å². The number of aliphatic hydroxyl groups excluding tert-OH is 2. The molecule has 0 atom stereocenters. The van der Waals surface area contributed by atoms with Crippen LogP contribution in [0.25, 0.3) is 34.2 Å². The highest BCUT2D eigenvalue weighted by molar-refractivity contribution is 6.61. The van der Waals surface area contributed by atoms with Crippen LogP contribution in [0, 0.1) is 0 Å². The van der Waals surface area contributed by atoms with Crippen molar-refractivity contribution >= 4 is 47.5 Å². The van der Waals surface area contributed by atoms with Crippen LogP contribution in [0.5, 0.6) is 0 Å². The van der Waals surface area contributed by atoms with E-state index in [-0.39, 0.29) is 37.6 Å². The predicted molar refractivity (Wildman–Crippen MR) is 296 cm³/mol. The van der Waals surface area contributed by atoms with Crippen LogP contribution in [0.4, 0.5) is 0 Å². The molecular formula is C54H70BCl3N12O4. The summed E-state index contributed by atoms with van der Waals surface area (Å²) in [5, 5.41) is 35.4. The second kappa shape index (κ2) is 27.7. The Balaban J connectivity index is 0.000000173. The maximum Gasteiger partial charge on any atom is 0.514 e. The van der Waals surface area contributed by atoms with E-state index in [1.54, 1.807) is 61.7 Å². The summed E-state index contributed by atoms with van der Waals surface area (Å²) in [6.07, 6.45) is 14.0. The van der Waals surface area contributed by atoms with Crippen molar-refractivity contribution in [1.82, 2.24) is 59.1 Å². The molecule has 8 aromatic rings. The fraction of sp³-hybridized carbons (Fsp3) is 0.407. The molecule has 0 aromatic carbocycles. The van der Waals surface area contributed by atoms with Crippen LogP contribution in [0.15, 0.2) is 122 Å². The van der Waals surface area contributed by atoms with Gasteiger partial charge in [-0.05, 0) is 143 Å². The Kier molecular flexibility index (Phi) is 22.1. The van der Waals surface area contributed by atoms with E-state index in [1.165, 1.54) is 0 Å². The van der Waals surface area contributed by atoms with Crippen molar-refractivity contribution < 1.29 is 19.5 Å². The van der Waals surface area contributed by atoms with Gasteiger partial charge in [0.25, 0.3) is 0 Å². The molecule has 0 amide bonds. The Morgan fingerprint density at radius 2 is 0.784 bits per heavy atom. The summed E-state index contributed by atoms with van der Waals surface area (Å²) in [6.45, 7) is 24.9. The number of hydrogen-bond donors (Lipinski definition) is 2. The van der Waals surface area contributed by atoms with E-state index in [1.807, 2.05) is 79.4 Å². The molecule has 0 aliphatic carbocycles. The van der Waals surface area contributed by atoms with E-state index in [2.05, 4.69) is 123 Å². The molecule has 394 valence electrons. The molecule has 0 saturated carbocycles. The minimum atomic E-state index is -0.329. The van der Waals surface area contributed by atoms with E-state index >= 15 is 0 Å². The lowest BCUT2D eigenvalue weighted by atomic mass is 9.84. The second-order valence-electron chi connectivity index (χ2n) is 19.2. The molecule has 9 rings (SSSR count). The van der Waals surface area contributed by atoms with Gasteiger partial charge in [0.15, 0.2) is 0 Å². The smallest absolute Gasteiger partial charge is 0.398 e. The summed E-state index contributed by atoms with van der Waals surface area (Å²) in [6, 6.07) is 24.0. The van der Waals surface area contributed by atoms with Crippen molar-refractivity contribution in [3.05, 3.63) is 150 Å². The molecule has 0 bridgehead atoms. The van der Waals surface area contributed by atoms with Crippen molar-refractivity contribution in [2.75, 3.05) is 0 Å². The number of rotatable bonds is 12. The first-order valence-corrected chi connectivity index (χ1v) is 26.0. The van der Waals surface area contributed by atoms with Gasteiger partial charge in [0.05, 0.1) is 64.2 Å². The van der Waals surface area contributed by atoms with Crippen LogP contribution >= 0.6 is 34.8 Å². The van der Waals surface area contributed by atoms with Gasteiger partial charge in [0, 0.05) is 96.6 Å². The first-order valence-electron chi connectivity index (χ1n) is 24.6. The lowest BCUT2D eigenvalue weighted by Gasteiger charge is -2.32. The summed E-state index contributed by atoms with van der Waals surface area (Å²) in [5.41, 5.74) is 9.56. The van der Waals surface area contributed by atoms with E-state index in [0.717, 1.165) is 56.4 Å². The third-order valence-corrected chi connectivity index (χ3v) is 12.9. The fourth-order valence-electron chi connectivity index (χ4n) is 7.53. The Morgan fingerprint density at radius 3 is 1.12 bits per heavy atom. The van der Waals surface area contributed by atoms with Gasteiger partial charge in [0.2, 0.25) is 0 Å². The standard InChI is InChI=1S/C12H21BN2O2.2C12H14ClN3.C12H15N3O.C6H6ClNO/c1-9(2)15-10(7-8-14-15)13-16-11(3,4)12(5,6)17-13;2*1-9(2)16-11(5-7-15-16)12-10(8-13)4-3-6-14-12;1-9(2)15-11(5-7-14-15)12-10(8-16)4-3-6-13-12;7-6-5(4-9)2-1-3-8-6/h7-9H,1-6H3;2*3-7,9H,8H2,1-2H3;3-7,9,16H,8H2,1-2H3;1-3,9H,4H2. The first kappa shape index (κ1) is 59.1. The highest BCUT2D eigenvalue weighted by Gasteiger charge is 2.52. The second-order valence-corrected chi connectivity index (χ2v) is 20.1. The van der Waals surface area contributed by atoms with Gasteiger partial charge in [-0.1, -0.05) is 35.9 Å². The van der Waals surface area contributed by atoms with Crippen molar-refractivity contribution in [3.63, 3.8) is 0 Å². The molecule has 16 nitrogen and oxygen atoms in total. The molecule has 1 aliphatic rings. The Bertz CT molecular complexity index is 2720. The van der Waals surface area contributed by atoms with Crippen molar-refractivity contribution in [3.8, 4) is 34.2 Å². The van der Waals surface area contributed by atoms with E-state index in [9.17, 15) is 5.11 Å². The van der Waals surface area contributed by atoms with Crippen molar-refractivity contribution in [1.29, 1.82) is 0 Å². The van der Waals surface area contributed by atoms with Crippen molar-refractivity contribution in [2.45, 2.75) is 143 Å². The van der Waals surface area contributed by atoms with Crippen LogP contribution in [-0.2, 0) is 34.3 Å². The maximum absolute atomic E-state index is 9.28. The van der Waals surface area contributed by atoms with Gasteiger partial charge < -0.3 is 19.5 Å². The summed E-state index contributed by atoms with van der Waals surface area (Å²) in [7, 11) is -0.329. The normalized spacial score (nSPS) is 13.4. The quantitative estimate of drug-likeness (QED) is 0.0672. The molecule has 2 N–H and O–H groups in total. The minimum absolute atomic E-state index is 0.00749. The third-order valence-electron chi connectivity index (χ3n) is 12.0. The zero-order valence-corrected chi connectivity index (χ0v) is 46.7. The third kappa shape index (κ3) is 15.0. The number of nitrogens with zero attached hydrogens (tertiary/aromatic N) is 12. The molecular weight excluding hydrogens is 998 g/mol. The average molecular weight is 1070 g/mol. The van der Waals surface area contributed by atoms with Crippen LogP contribution in [0.3, 0.4) is 0 Å². The minimum Gasteiger partial charge on any atom is -0.398 e. The van der Waals surface area contributed by atoms with E-state index in [0.29, 0.717) is 40.6 Å². The summed E-state index contributed by atoms with van der Waals surface area (Å²) in [5.74, 6) is 0.929. The molecule has 1 fully saturated rings. The van der Waals surface area contributed by atoms with Gasteiger partial charge in [-0.15, -0.1) is 23.2 Å². The predicted octanol–water partition coefficient (Wildman–Crippen LogP) is 11.5. The highest BCUT2D eigenvalue weighted by Crippen LogP contribution is 2.36. The lowest BCUT2D eigenvalue weighted by molar-refractivity contribution is 0.00578. The van der Waals surface area contributed by atoms with Crippen molar-refractivity contribution in [2.24, 2.45) is 0 Å². The van der Waals surface area contributed by atoms with Gasteiger partial charge in [-0.2, -0.15) is 20.4 Å². The maximum atomic E-state index is 9.28. The number of hydrogen-bond acceptors (Lipinski definition) is 12. The number of aliphatic hydroxyl groups is 2. The summed E-state index contributed by atoms with van der Waals surface area (Å²) in [4.78, 5) is 16.8. The molecule has 1 saturated heterocycles. The molecule has 0 radical (unpaired) electrons. The molecule has 0 spiro atoms. The molecule has 8 aromatic heterocycles. The van der Waals surface area contributed by atoms with E-state index < -0.39 is 0 Å². The number of halogens is 3. The Morgan fingerprint density at radius 1 is 0.459 bits per heavy atom. The molecule has 1 aliphatic heterocycles. The molecule has 9 heterocycles. The summed E-state index contributed by atoms with van der Waals surface area (Å²) < 4.78 is 19.8. The van der Waals surface area contributed by atoms with Gasteiger partial charge >= 0.3 is 7.12 Å². The molecule has 20 heteroatoms. The van der Waals surface area contributed by atoms with Crippen LogP contribution in [-0.4, -0.2) is 87.6 Å². The van der Waals surface area contributed by atoms with E-state index in [4.69, 9.17) is 49.2 Å². The number of aromatic nitrogens is 12. The largest absolute Gasteiger partial charge is 0.514 e. The lowest BCUT2D eigenvalue weighted by Crippen LogP contribution is -2.41. The monoisotopic (exact) mass is 1070 g/mol. The van der Waals surface area contributed by atoms with Crippen LogP contribution in [0.2, 0.25) is 5.15 Å². The fourth-order valence-corrected chi connectivity index (χ4v) is 8.14. The molecule has 74 heavy (non-hydrogen) atoms. The first-order chi connectivity index (χ1) is 35.3.